The predicted octanol–water partition coefficient (Wildman–Crippen LogP) is 4.48. The summed E-state index contributed by atoms with van der Waals surface area (Å²) in [6, 6.07) is 12.2. The van der Waals surface area contributed by atoms with Crippen molar-refractivity contribution in [3.05, 3.63) is 58.0 Å². The van der Waals surface area contributed by atoms with E-state index in [1.165, 1.54) is 7.11 Å². The van der Waals surface area contributed by atoms with Crippen LogP contribution >= 0.6 is 23.4 Å². The van der Waals surface area contributed by atoms with Crippen LogP contribution in [-0.4, -0.2) is 42.9 Å². The molecule has 2 aromatic carbocycles. The molecule has 0 radical (unpaired) electrons. The minimum atomic E-state index is -0.376. The lowest BCUT2D eigenvalue weighted by Crippen LogP contribution is -2.32. The number of carbonyl (C=O) groups is 2. The van der Waals surface area contributed by atoms with Crippen molar-refractivity contribution in [2.24, 2.45) is 0 Å². The smallest absolute Gasteiger partial charge is 0.293 e. The van der Waals surface area contributed by atoms with E-state index < -0.39 is 0 Å². The second-order valence-electron chi connectivity index (χ2n) is 6.02. The highest BCUT2D eigenvalue weighted by Gasteiger charge is 2.34. The number of imide groups is 1. The molecule has 1 saturated heterocycles. The molecule has 0 spiro atoms. The first-order valence-corrected chi connectivity index (χ1v) is 10.1. The van der Waals surface area contributed by atoms with Crippen LogP contribution in [0.4, 0.5) is 4.79 Å². The summed E-state index contributed by atoms with van der Waals surface area (Å²) in [6.45, 7) is 0.379. The van der Waals surface area contributed by atoms with E-state index in [0.717, 1.165) is 16.7 Å². The fraction of sp³-hybridized carbons (Fsp3) is 0.182. The van der Waals surface area contributed by atoms with E-state index in [1.807, 2.05) is 0 Å². The molecule has 1 aliphatic heterocycles. The highest BCUT2D eigenvalue weighted by atomic mass is 35.5. The SMILES string of the molecule is C#CCOc1ccc(/C=C2\SC(=O)N(CCOc3ccccc3Cl)C2=O)cc1OC. The minimum absolute atomic E-state index is 0.116. The molecule has 8 heteroatoms. The van der Waals surface area contributed by atoms with Crippen molar-refractivity contribution in [1.82, 2.24) is 4.90 Å². The van der Waals surface area contributed by atoms with Crippen LogP contribution in [0.5, 0.6) is 17.2 Å². The number of nitrogens with zero attached hydrogens (tertiary/aromatic N) is 1. The summed E-state index contributed by atoms with van der Waals surface area (Å²) in [4.78, 5) is 26.4. The summed E-state index contributed by atoms with van der Waals surface area (Å²) in [6.07, 6.45) is 6.84. The molecule has 0 N–H and O–H groups in total. The largest absolute Gasteiger partial charge is 0.493 e. The van der Waals surface area contributed by atoms with Crippen LogP contribution in [0.15, 0.2) is 47.4 Å². The van der Waals surface area contributed by atoms with E-state index in [9.17, 15) is 9.59 Å². The highest BCUT2D eigenvalue weighted by molar-refractivity contribution is 8.18. The number of hydrogen-bond acceptors (Lipinski definition) is 6. The molecule has 0 unspecified atom stereocenters. The molecule has 3 rings (SSSR count). The number of amides is 2. The Labute approximate surface area is 183 Å². The molecule has 0 atom stereocenters. The van der Waals surface area contributed by atoms with Gasteiger partial charge in [0.2, 0.25) is 0 Å². The topological polar surface area (TPSA) is 65.1 Å². The highest BCUT2D eigenvalue weighted by Crippen LogP contribution is 2.34. The van der Waals surface area contributed by atoms with Gasteiger partial charge in [0.15, 0.2) is 11.5 Å². The Hall–Kier alpha value is -3.08. The molecule has 1 heterocycles. The third-order valence-electron chi connectivity index (χ3n) is 4.08. The van der Waals surface area contributed by atoms with Crippen LogP contribution in [0.2, 0.25) is 5.02 Å². The number of halogens is 1. The van der Waals surface area contributed by atoms with E-state index >= 15 is 0 Å². The van der Waals surface area contributed by atoms with Crippen LogP contribution in [0.25, 0.3) is 6.08 Å². The molecule has 2 aromatic rings. The fourth-order valence-corrected chi connectivity index (χ4v) is 3.72. The standard InChI is InChI=1S/C22H18ClNO5S/c1-3-11-28-18-9-8-15(13-19(18)27-2)14-20-21(25)24(22(26)30-20)10-12-29-17-7-5-4-6-16(17)23/h1,4-9,13-14H,10-12H2,2H3/b20-14-. The number of para-hydroxylation sites is 1. The fourth-order valence-electron chi connectivity index (χ4n) is 2.67. The molecule has 154 valence electrons. The molecule has 1 fully saturated rings. The maximum atomic E-state index is 12.6. The number of terminal acetylenes is 1. The van der Waals surface area contributed by atoms with E-state index in [1.54, 1.807) is 48.5 Å². The summed E-state index contributed by atoms with van der Waals surface area (Å²) >= 11 is 6.92. The van der Waals surface area contributed by atoms with Crippen molar-refractivity contribution in [3.63, 3.8) is 0 Å². The number of thioether (sulfide) groups is 1. The molecular formula is C22H18ClNO5S. The zero-order valence-corrected chi connectivity index (χ0v) is 17.7. The second-order valence-corrected chi connectivity index (χ2v) is 7.42. The third-order valence-corrected chi connectivity index (χ3v) is 5.30. The van der Waals surface area contributed by atoms with Gasteiger partial charge in [-0.3, -0.25) is 14.5 Å². The molecular weight excluding hydrogens is 426 g/mol. The van der Waals surface area contributed by atoms with Crippen molar-refractivity contribution in [1.29, 1.82) is 0 Å². The van der Waals surface area contributed by atoms with E-state index in [4.69, 9.17) is 32.2 Å². The Morgan fingerprint density at radius 1 is 1.13 bits per heavy atom. The number of carbonyl (C=O) groups excluding carboxylic acids is 2. The zero-order valence-electron chi connectivity index (χ0n) is 16.1. The Morgan fingerprint density at radius 3 is 2.67 bits per heavy atom. The lowest BCUT2D eigenvalue weighted by atomic mass is 10.2. The summed E-state index contributed by atoms with van der Waals surface area (Å²) in [5.41, 5.74) is 0.692. The summed E-state index contributed by atoms with van der Waals surface area (Å²) in [5, 5.41) is 0.116. The van der Waals surface area contributed by atoms with Gasteiger partial charge in [-0.15, -0.1) is 6.42 Å². The Bertz CT molecular complexity index is 1030. The molecule has 0 saturated carbocycles. The minimum Gasteiger partial charge on any atom is -0.493 e. The van der Waals surface area contributed by atoms with Gasteiger partial charge in [-0.05, 0) is 47.7 Å². The normalized spacial score (nSPS) is 14.7. The molecule has 1 aliphatic rings. The lowest BCUT2D eigenvalue weighted by Gasteiger charge is -2.13. The van der Waals surface area contributed by atoms with Gasteiger partial charge >= 0.3 is 0 Å². The number of hydrogen-bond donors (Lipinski definition) is 0. The van der Waals surface area contributed by atoms with Crippen molar-refractivity contribution in [3.8, 4) is 29.6 Å². The molecule has 0 aromatic heterocycles. The quantitative estimate of drug-likeness (QED) is 0.443. The summed E-state index contributed by atoms with van der Waals surface area (Å²) < 4.78 is 16.3. The van der Waals surface area contributed by atoms with Crippen LogP contribution < -0.4 is 14.2 Å². The van der Waals surface area contributed by atoms with E-state index in [2.05, 4.69) is 5.92 Å². The number of rotatable bonds is 8. The monoisotopic (exact) mass is 443 g/mol. The first-order valence-electron chi connectivity index (χ1n) is 8.90. The molecule has 0 aliphatic carbocycles. The van der Waals surface area contributed by atoms with Gasteiger partial charge in [-0.1, -0.05) is 35.7 Å². The number of ether oxygens (including phenoxy) is 3. The first kappa shape index (κ1) is 21.6. The lowest BCUT2D eigenvalue weighted by molar-refractivity contribution is -0.123. The average molecular weight is 444 g/mol. The average Bonchev–Trinajstić information content (AvgIpc) is 3.01. The molecule has 30 heavy (non-hydrogen) atoms. The molecule has 0 bridgehead atoms. The summed E-state index contributed by atoms with van der Waals surface area (Å²) in [5.74, 6) is 3.49. The maximum absolute atomic E-state index is 12.6. The predicted molar refractivity (Wildman–Crippen MR) is 117 cm³/mol. The van der Waals surface area contributed by atoms with Crippen LogP contribution in [0, 0.1) is 12.3 Å². The van der Waals surface area contributed by atoms with Crippen molar-refractivity contribution >= 4 is 40.6 Å². The van der Waals surface area contributed by atoms with Crippen LogP contribution in [0.3, 0.4) is 0 Å². The Morgan fingerprint density at radius 2 is 1.93 bits per heavy atom. The van der Waals surface area contributed by atoms with E-state index in [0.29, 0.717) is 32.7 Å². The molecule has 2 amide bonds. The van der Waals surface area contributed by atoms with Gasteiger partial charge in [0, 0.05) is 0 Å². The first-order chi connectivity index (χ1) is 14.5. The van der Waals surface area contributed by atoms with Gasteiger partial charge < -0.3 is 14.2 Å². The number of benzene rings is 2. The zero-order chi connectivity index (χ0) is 21.5. The van der Waals surface area contributed by atoms with Crippen molar-refractivity contribution in [2.45, 2.75) is 0 Å². The third kappa shape index (κ3) is 5.09. The summed E-state index contributed by atoms with van der Waals surface area (Å²) in [7, 11) is 1.51. The van der Waals surface area contributed by atoms with Crippen molar-refractivity contribution in [2.75, 3.05) is 26.9 Å². The van der Waals surface area contributed by atoms with Gasteiger partial charge in [-0.25, -0.2) is 0 Å². The van der Waals surface area contributed by atoms with Crippen LogP contribution in [-0.2, 0) is 4.79 Å². The molecule has 6 nitrogen and oxygen atoms in total. The number of methoxy groups -OCH3 is 1. The van der Waals surface area contributed by atoms with Gasteiger partial charge in [0.05, 0.1) is 23.6 Å². The van der Waals surface area contributed by atoms with E-state index in [-0.39, 0.29) is 30.9 Å². The second kappa shape index (κ2) is 10.1. The Balaban J connectivity index is 1.67. The van der Waals surface area contributed by atoms with Crippen molar-refractivity contribution < 1.29 is 23.8 Å². The maximum Gasteiger partial charge on any atom is 0.293 e. The van der Waals surface area contributed by atoms with Gasteiger partial charge in [-0.2, -0.15) is 0 Å². The Kier molecular flexibility index (Phi) is 7.28. The van der Waals surface area contributed by atoms with Crippen LogP contribution in [0.1, 0.15) is 5.56 Å². The van der Waals surface area contributed by atoms with Gasteiger partial charge in [0.1, 0.15) is 19.0 Å². The van der Waals surface area contributed by atoms with Gasteiger partial charge in [0.25, 0.3) is 11.1 Å².